The van der Waals surface area contributed by atoms with Gasteiger partial charge in [0.1, 0.15) is 11.6 Å². The lowest BCUT2D eigenvalue weighted by Gasteiger charge is -2.10. The molecule has 0 aliphatic heterocycles. The van der Waals surface area contributed by atoms with Crippen molar-refractivity contribution in [1.29, 1.82) is 0 Å². The van der Waals surface area contributed by atoms with Crippen LogP contribution in [0.25, 0.3) is 0 Å². The Bertz CT molecular complexity index is 394. The summed E-state index contributed by atoms with van der Waals surface area (Å²) in [7, 11) is 0. The monoisotopic (exact) mass is 204 g/mol. The zero-order valence-electron chi connectivity index (χ0n) is 8.95. The highest BCUT2D eigenvalue weighted by molar-refractivity contribution is 5.38. The molecule has 2 aliphatic rings. The van der Waals surface area contributed by atoms with Crippen LogP contribution >= 0.6 is 0 Å². The van der Waals surface area contributed by atoms with Gasteiger partial charge in [-0.15, -0.1) is 0 Å². The largest absolute Gasteiger partial charge is 0.308 e. The standard InChI is InChI=1S/C11H16N4/c1-11(4-5-11)10-13-8(7-2-3-7)6-9(14-10)15-12/h6-7H,2-5,12H2,1H3,(H,13,14,15). The van der Waals surface area contributed by atoms with Gasteiger partial charge in [-0.25, -0.2) is 15.8 Å². The topological polar surface area (TPSA) is 63.8 Å². The fourth-order valence-corrected chi connectivity index (χ4v) is 1.81. The molecular weight excluding hydrogens is 188 g/mol. The first-order chi connectivity index (χ1) is 7.21. The summed E-state index contributed by atoms with van der Waals surface area (Å²) in [5.41, 5.74) is 4.03. The second-order valence-electron chi connectivity index (χ2n) is 4.98. The summed E-state index contributed by atoms with van der Waals surface area (Å²) in [6, 6.07) is 1.98. The second kappa shape index (κ2) is 2.92. The van der Waals surface area contributed by atoms with Gasteiger partial charge >= 0.3 is 0 Å². The molecule has 0 bridgehead atoms. The van der Waals surface area contributed by atoms with Gasteiger partial charge in [-0.3, -0.25) is 0 Å². The predicted molar refractivity (Wildman–Crippen MR) is 58.4 cm³/mol. The van der Waals surface area contributed by atoms with Gasteiger partial charge in [-0.1, -0.05) is 6.92 Å². The Morgan fingerprint density at radius 2 is 2.13 bits per heavy atom. The number of hydrogen-bond donors (Lipinski definition) is 2. The summed E-state index contributed by atoms with van der Waals surface area (Å²) in [4.78, 5) is 9.12. The summed E-state index contributed by atoms with van der Waals surface area (Å²) >= 11 is 0. The van der Waals surface area contributed by atoms with Gasteiger partial charge in [0.2, 0.25) is 0 Å². The number of hydrogen-bond acceptors (Lipinski definition) is 4. The number of nitrogens with one attached hydrogen (secondary N) is 1. The van der Waals surface area contributed by atoms with Crippen molar-refractivity contribution in [2.45, 2.75) is 43.9 Å². The van der Waals surface area contributed by atoms with E-state index in [2.05, 4.69) is 22.3 Å². The molecule has 0 saturated heterocycles. The molecule has 15 heavy (non-hydrogen) atoms. The van der Waals surface area contributed by atoms with Crippen LogP contribution in [0.15, 0.2) is 6.07 Å². The van der Waals surface area contributed by atoms with Crippen molar-refractivity contribution < 1.29 is 0 Å². The first-order valence-corrected chi connectivity index (χ1v) is 5.57. The van der Waals surface area contributed by atoms with Crippen molar-refractivity contribution in [3.05, 3.63) is 17.6 Å². The average Bonchev–Trinajstić information content (AvgIpc) is 3.11. The first-order valence-electron chi connectivity index (χ1n) is 5.57. The van der Waals surface area contributed by atoms with Gasteiger partial charge in [0.25, 0.3) is 0 Å². The fraction of sp³-hybridized carbons (Fsp3) is 0.636. The SMILES string of the molecule is CC1(c2nc(NN)cc(C3CC3)n2)CC1. The minimum Gasteiger partial charge on any atom is -0.308 e. The summed E-state index contributed by atoms with van der Waals surface area (Å²) in [6.07, 6.45) is 4.92. The van der Waals surface area contributed by atoms with E-state index in [1.807, 2.05) is 6.07 Å². The van der Waals surface area contributed by atoms with Crippen molar-refractivity contribution in [1.82, 2.24) is 9.97 Å². The van der Waals surface area contributed by atoms with Crippen LogP contribution in [0.5, 0.6) is 0 Å². The van der Waals surface area contributed by atoms with Crippen LogP contribution in [0.2, 0.25) is 0 Å². The quantitative estimate of drug-likeness (QED) is 0.581. The molecule has 3 N–H and O–H groups in total. The van der Waals surface area contributed by atoms with Crippen molar-refractivity contribution >= 4 is 5.82 Å². The van der Waals surface area contributed by atoms with Crippen LogP contribution in [0, 0.1) is 0 Å². The first kappa shape index (κ1) is 9.09. The molecule has 1 aromatic heterocycles. The maximum atomic E-state index is 5.43. The van der Waals surface area contributed by atoms with E-state index in [4.69, 9.17) is 5.84 Å². The number of rotatable bonds is 3. The molecule has 4 nitrogen and oxygen atoms in total. The molecule has 2 aliphatic carbocycles. The van der Waals surface area contributed by atoms with Gasteiger partial charge in [0, 0.05) is 23.1 Å². The molecule has 0 unspecified atom stereocenters. The molecule has 4 heteroatoms. The highest BCUT2D eigenvalue weighted by Crippen LogP contribution is 2.47. The van der Waals surface area contributed by atoms with E-state index in [9.17, 15) is 0 Å². The van der Waals surface area contributed by atoms with Gasteiger partial charge in [0.05, 0.1) is 0 Å². The third kappa shape index (κ3) is 1.59. The fourth-order valence-electron chi connectivity index (χ4n) is 1.81. The number of nitrogens with two attached hydrogens (primary N) is 1. The number of hydrazine groups is 1. The number of nitrogen functional groups attached to an aromatic ring is 1. The Balaban J connectivity index is 2.01. The van der Waals surface area contributed by atoms with E-state index in [-0.39, 0.29) is 5.41 Å². The highest BCUT2D eigenvalue weighted by Gasteiger charge is 2.43. The molecule has 0 atom stereocenters. The molecule has 0 spiro atoms. The van der Waals surface area contributed by atoms with E-state index in [0.717, 1.165) is 11.6 Å². The molecule has 3 rings (SSSR count). The number of anilines is 1. The molecule has 2 fully saturated rings. The van der Waals surface area contributed by atoms with Crippen LogP contribution < -0.4 is 11.3 Å². The summed E-state index contributed by atoms with van der Waals surface area (Å²) in [6.45, 7) is 2.22. The third-order valence-corrected chi connectivity index (χ3v) is 3.43. The predicted octanol–water partition coefficient (Wildman–Crippen LogP) is 1.69. The highest BCUT2D eigenvalue weighted by atomic mass is 15.3. The van der Waals surface area contributed by atoms with Crippen molar-refractivity contribution in [2.75, 3.05) is 5.43 Å². The minimum absolute atomic E-state index is 0.219. The maximum absolute atomic E-state index is 5.43. The van der Waals surface area contributed by atoms with Gasteiger partial charge in [-0.05, 0) is 25.7 Å². The van der Waals surface area contributed by atoms with Crippen LogP contribution in [0.3, 0.4) is 0 Å². The molecule has 0 radical (unpaired) electrons. The molecule has 0 amide bonds. The molecule has 1 aromatic rings. The van der Waals surface area contributed by atoms with Gasteiger partial charge in [-0.2, -0.15) is 0 Å². The molecular formula is C11H16N4. The molecule has 1 heterocycles. The Hall–Kier alpha value is -1.16. The second-order valence-corrected chi connectivity index (χ2v) is 4.98. The maximum Gasteiger partial charge on any atom is 0.143 e. The zero-order valence-corrected chi connectivity index (χ0v) is 8.95. The normalized spacial score (nSPS) is 22.5. The summed E-state index contributed by atoms with van der Waals surface area (Å²) in [5.74, 6) is 7.82. The molecule has 80 valence electrons. The molecule has 0 aromatic carbocycles. The van der Waals surface area contributed by atoms with E-state index in [1.54, 1.807) is 0 Å². The Labute approximate surface area is 89.3 Å². The Kier molecular flexibility index (Phi) is 1.77. The van der Waals surface area contributed by atoms with Crippen molar-refractivity contribution in [3.63, 3.8) is 0 Å². The van der Waals surface area contributed by atoms with E-state index < -0.39 is 0 Å². The Morgan fingerprint density at radius 3 is 2.67 bits per heavy atom. The van der Waals surface area contributed by atoms with E-state index in [0.29, 0.717) is 5.92 Å². The minimum atomic E-state index is 0.219. The smallest absolute Gasteiger partial charge is 0.143 e. The zero-order chi connectivity index (χ0) is 10.5. The third-order valence-electron chi connectivity index (χ3n) is 3.43. The van der Waals surface area contributed by atoms with Gasteiger partial charge in [0.15, 0.2) is 0 Å². The van der Waals surface area contributed by atoms with E-state index >= 15 is 0 Å². The summed E-state index contributed by atoms with van der Waals surface area (Å²) < 4.78 is 0. The number of nitrogens with zero attached hydrogens (tertiary/aromatic N) is 2. The summed E-state index contributed by atoms with van der Waals surface area (Å²) in [5, 5.41) is 0. The van der Waals surface area contributed by atoms with Crippen molar-refractivity contribution in [2.24, 2.45) is 5.84 Å². The van der Waals surface area contributed by atoms with Crippen LogP contribution in [0.4, 0.5) is 5.82 Å². The van der Waals surface area contributed by atoms with Gasteiger partial charge < -0.3 is 5.43 Å². The number of aromatic nitrogens is 2. The Morgan fingerprint density at radius 1 is 1.40 bits per heavy atom. The van der Waals surface area contributed by atoms with E-state index in [1.165, 1.54) is 31.4 Å². The molecule has 2 saturated carbocycles. The van der Waals surface area contributed by atoms with Crippen LogP contribution in [-0.2, 0) is 5.41 Å². The lowest BCUT2D eigenvalue weighted by atomic mass is 10.1. The van der Waals surface area contributed by atoms with Crippen molar-refractivity contribution in [3.8, 4) is 0 Å². The average molecular weight is 204 g/mol. The van der Waals surface area contributed by atoms with Crippen LogP contribution in [-0.4, -0.2) is 9.97 Å². The lowest BCUT2D eigenvalue weighted by molar-refractivity contribution is 0.698. The van der Waals surface area contributed by atoms with Crippen LogP contribution in [0.1, 0.15) is 50.0 Å². The lowest BCUT2D eigenvalue weighted by Crippen LogP contribution is -2.14.